The minimum atomic E-state index is -3.71. The zero-order valence-electron chi connectivity index (χ0n) is 12.4. The van der Waals surface area contributed by atoms with Crippen molar-refractivity contribution in [1.29, 1.82) is 0 Å². The average molecular weight is 497 g/mol. The van der Waals surface area contributed by atoms with E-state index in [1.165, 1.54) is 10.4 Å². The van der Waals surface area contributed by atoms with Crippen molar-refractivity contribution in [1.82, 2.24) is 4.31 Å². The molecule has 1 saturated heterocycles. The minimum Gasteiger partial charge on any atom is -0.325 e. The third-order valence-corrected chi connectivity index (χ3v) is 7.99. The van der Waals surface area contributed by atoms with Gasteiger partial charge in [0, 0.05) is 15.8 Å². The first kappa shape index (κ1) is 18.1. The zero-order chi connectivity index (χ0) is 17.3. The highest BCUT2D eigenvalue weighted by Crippen LogP contribution is 2.32. The predicted molar refractivity (Wildman–Crippen MR) is 104 cm³/mol. The van der Waals surface area contributed by atoms with E-state index in [2.05, 4.69) is 27.9 Å². The van der Waals surface area contributed by atoms with Gasteiger partial charge in [-0.1, -0.05) is 17.7 Å². The lowest BCUT2D eigenvalue weighted by Gasteiger charge is -2.22. The summed E-state index contributed by atoms with van der Waals surface area (Å²) in [6, 6.07) is 9.72. The second-order valence-electron chi connectivity index (χ2n) is 5.33. The minimum absolute atomic E-state index is 0.168. The molecule has 1 amide bonds. The van der Waals surface area contributed by atoms with Crippen molar-refractivity contribution in [2.45, 2.75) is 23.1 Å². The van der Waals surface area contributed by atoms with Gasteiger partial charge in [0.1, 0.15) is 10.3 Å². The molecule has 1 N–H and O–H groups in total. The Morgan fingerprint density at radius 2 is 2.12 bits per heavy atom. The largest absolute Gasteiger partial charge is 0.325 e. The molecule has 24 heavy (non-hydrogen) atoms. The number of rotatable bonds is 4. The number of nitrogens with one attached hydrogen (secondary N) is 1. The van der Waals surface area contributed by atoms with Gasteiger partial charge in [-0.25, -0.2) is 8.42 Å². The molecule has 128 valence electrons. The van der Waals surface area contributed by atoms with Gasteiger partial charge in [-0.2, -0.15) is 4.31 Å². The van der Waals surface area contributed by atoms with E-state index in [4.69, 9.17) is 11.6 Å². The number of hydrogen-bond acceptors (Lipinski definition) is 4. The molecule has 0 radical (unpaired) electrons. The molecule has 1 aliphatic heterocycles. The molecule has 1 aliphatic rings. The fourth-order valence-electron chi connectivity index (χ4n) is 2.63. The second kappa shape index (κ2) is 7.28. The van der Waals surface area contributed by atoms with Gasteiger partial charge >= 0.3 is 0 Å². The van der Waals surface area contributed by atoms with Crippen LogP contribution in [0.25, 0.3) is 0 Å². The highest BCUT2D eigenvalue weighted by molar-refractivity contribution is 14.1. The van der Waals surface area contributed by atoms with Crippen LogP contribution in [0.1, 0.15) is 12.8 Å². The highest BCUT2D eigenvalue weighted by atomic mass is 127. The van der Waals surface area contributed by atoms with Crippen LogP contribution in [-0.4, -0.2) is 31.2 Å². The molecule has 9 heteroatoms. The van der Waals surface area contributed by atoms with Crippen molar-refractivity contribution in [3.63, 3.8) is 0 Å². The SMILES string of the molecule is O=C(Nc1cccc(I)c1)[C@H]1CCCN1S(=O)(=O)c1ccc(Cl)s1. The topological polar surface area (TPSA) is 66.5 Å². The summed E-state index contributed by atoms with van der Waals surface area (Å²) in [6.45, 7) is 0.336. The average Bonchev–Trinajstić information content (AvgIpc) is 3.16. The first-order chi connectivity index (χ1) is 11.4. The lowest BCUT2D eigenvalue weighted by atomic mass is 10.2. The van der Waals surface area contributed by atoms with E-state index >= 15 is 0 Å². The van der Waals surface area contributed by atoms with Gasteiger partial charge in [0.2, 0.25) is 5.91 Å². The van der Waals surface area contributed by atoms with E-state index in [1.807, 2.05) is 18.2 Å². The van der Waals surface area contributed by atoms with Crippen LogP contribution < -0.4 is 5.32 Å². The molecule has 0 unspecified atom stereocenters. The number of nitrogens with zero attached hydrogens (tertiary/aromatic N) is 1. The number of hydrogen-bond donors (Lipinski definition) is 1. The highest BCUT2D eigenvalue weighted by Gasteiger charge is 2.40. The Morgan fingerprint density at radius 1 is 1.33 bits per heavy atom. The molecular formula is C15H14ClIN2O3S2. The molecule has 1 aromatic carbocycles. The third-order valence-electron chi connectivity index (χ3n) is 3.71. The number of thiophene rings is 1. The summed E-state index contributed by atoms with van der Waals surface area (Å²) in [5, 5.41) is 2.81. The van der Waals surface area contributed by atoms with Crippen molar-refractivity contribution in [3.05, 3.63) is 44.3 Å². The Morgan fingerprint density at radius 3 is 2.79 bits per heavy atom. The van der Waals surface area contributed by atoms with E-state index in [0.29, 0.717) is 29.4 Å². The monoisotopic (exact) mass is 496 g/mol. The first-order valence-corrected chi connectivity index (χ1v) is 10.9. The maximum atomic E-state index is 12.8. The number of benzene rings is 1. The van der Waals surface area contributed by atoms with Gasteiger partial charge in [-0.15, -0.1) is 11.3 Å². The third kappa shape index (κ3) is 3.77. The van der Waals surface area contributed by atoms with Gasteiger partial charge in [-0.05, 0) is 65.8 Å². The molecule has 2 heterocycles. The standard InChI is InChI=1S/C15H14ClIN2O3S2/c16-13-6-7-14(23-13)24(21,22)19-8-2-5-12(19)15(20)18-11-4-1-3-10(17)9-11/h1,3-4,6-7,9,12H,2,5,8H2,(H,18,20)/t12-/m1/s1. The van der Waals surface area contributed by atoms with Gasteiger partial charge in [0.15, 0.2) is 0 Å². The fourth-order valence-corrected chi connectivity index (χ4v) is 6.45. The quantitative estimate of drug-likeness (QED) is 0.655. The van der Waals surface area contributed by atoms with E-state index in [1.54, 1.807) is 12.1 Å². The van der Waals surface area contributed by atoms with Crippen LogP contribution in [-0.2, 0) is 14.8 Å². The Labute approximate surface area is 163 Å². The van der Waals surface area contributed by atoms with Crippen LogP contribution >= 0.6 is 45.5 Å². The molecule has 0 saturated carbocycles. The number of halogens is 2. The molecule has 3 rings (SSSR count). The van der Waals surface area contributed by atoms with Gasteiger partial charge in [-0.3, -0.25) is 4.79 Å². The van der Waals surface area contributed by atoms with Crippen LogP contribution in [0.15, 0.2) is 40.6 Å². The molecule has 0 aliphatic carbocycles. The van der Waals surface area contributed by atoms with Crippen molar-refractivity contribution in [2.75, 3.05) is 11.9 Å². The number of carbonyl (C=O) groups excluding carboxylic acids is 1. The van der Waals surface area contributed by atoms with Crippen LogP contribution in [0.2, 0.25) is 4.34 Å². The van der Waals surface area contributed by atoms with Crippen molar-refractivity contribution in [2.24, 2.45) is 0 Å². The molecule has 2 aromatic rings. The smallest absolute Gasteiger partial charge is 0.253 e. The summed E-state index contributed by atoms with van der Waals surface area (Å²) in [7, 11) is -3.71. The molecule has 0 spiro atoms. The van der Waals surface area contributed by atoms with Gasteiger partial charge in [0.25, 0.3) is 10.0 Å². The van der Waals surface area contributed by atoms with E-state index in [9.17, 15) is 13.2 Å². The normalized spacial score (nSPS) is 18.7. The molecule has 1 fully saturated rings. The Balaban J connectivity index is 1.81. The second-order valence-corrected chi connectivity index (χ2v) is 10.4. The van der Waals surface area contributed by atoms with Crippen LogP contribution in [0.3, 0.4) is 0 Å². The summed E-state index contributed by atoms with van der Waals surface area (Å²) in [6.07, 6.45) is 1.16. The lowest BCUT2D eigenvalue weighted by Crippen LogP contribution is -2.42. The summed E-state index contributed by atoms with van der Waals surface area (Å²) in [4.78, 5) is 12.6. The maximum absolute atomic E-state index is 12.8. The molecule has 5 nitrogen and oxygen atoms in total. The van der Waals surface area contributed by atoms with Crippen molar-refractivity contribution >= 4 is 67.1 Å². The molecule has 0 bridgehead atoms. The number of carbonyl (C=O) groups is 1. The fraction of sp³-hybridized carbons (Fsp3) is 0.267. The summed E-state index contributed by atoms with van der Waals surface area (Å²) in [5.41, 5.74) is 0.662. The predicted octanol–water partition coefficient (Wildman–Crippen LogP) is 3.80. The summed E-state index contributed by atoms with van der Waals surface area (Å²) >= 11 is 9.01. The summed E-state index contributed by atoms with van der Waals surface area (Å²) < 4.78 is 28.4. The number of amides is 1. The van der Waals surface area contributed by atoms with Crippen molar-refractivity contribution in [3.8, 4) is 0 Å². The summed E-state index contributed by atoms with van der Waals surface area (Å²) in [5.74, 6) is -0.305. The molecule has 1 atom stereocenters. The van der Waals surface area contributed by atoms with Crippen LogP contribution in [0.5, 0.6) is 0 Å². The van der Waals surface area contributed by atoms with Crippen molar-refractivity contribution < 1.29 is 13.2 Å². The first-order valence-electron chi connectivity index (χ1n) is 7.21. The lowest BCUT2D eigenvalue weighted by molar-refractivity contribution is -0.119. The van der Waals surface area contributed by atoms with Crippen LogP contribution in [0, 0.1) is 3.57 Å². The zero-order valence-corrected chi connectivity index (χ0v) is 17.0. The molecular weight excluding hydrogens is 483 g/mol. The Bertz CT molecular complexity index is 869. The van der Waals surface area contributed by atoms with E-state index in [0.717, 1.165) is 14.9 Å². The Kier molecular flexibility index (Phi) is 5.50. The Hall–Kier alpha value is -0.680. The van der Waals surface area contributed by atoms with E-state index in [-0.39, 0.29) is 10.1 Å². The van der Waals surface area contributed by atoms with Crippen LogP contribution in [0.4, 0.5) is 5.69 Å². The van der Waals surface area contributed by atoms with E-state index < -0.39 is 16.1 Å². The van der Waals surface area contributed by atoms with Gasteiger partial charge < -0.3 is 5.32 Å². The molecule has 1 aromatic heterocycles. The number of anilines is 1. The number of sulfonamides is 1. The maximum Gasteiger partial charge on any atom is 0.253 e. The van der Waals surface area contributed by atoms with Gasteiger partial charge in [0.05, 0.1) is 4.34 Å².